The van der Waals surface area contributed by atoms with Crippen molar-refractivity contribution in [3.8, 4) is 44.5 Å². The van der Waals surface area contributed by atoms with E-state index in [1.165, 1.54) is 67.0 Å². The number of anilines is 6. The predicted molar refractivity (Wildman–Crippen MR) is 250 cm³/mol. The summed E-state index contributed by atoms with van der Waals surface area (Å²) in [4.78, 5) is 4.85. The van der Waals surface area contributed by atoms with E-state index in [0.29, 0.717) is 0 Å². The van der Waals surface area contributed by atoms with Crippen molar-refractivity contribution in [1.82, 2.24) is 0 Å². The van der Waals surface area contributed by atoms with Gasteiger partial charge in [0.2, 0.25) is 0 Å². The lowest BCUT2D eigenvalue weighted by molar-refractivity contribution is 0.632. The van der Waals surface area contributed by atoms with Crippen molar-refractivity contribution in [2.24, 2.45) is 0 Å². The summed E-state index contributed by atoms with van der Waals surface area (Å²) in [5, 5.41) is 0. The van der Waals surface area contributed by atoms with Crippen molar-refractivity contribution in [1.29, 1.82) is 0 Å². The summed E-state index contributed by atoms with van der Waals surface area (Å²) in [6.45, 7) is 4.76. The van der Waals surface area contributed by atoms with E-state index in [-0.39, 0.29) is 5.41 Å². The van der Waals surface area contributed by atoms with Gasteiger partial charge >= 0.3 is 0 Å². The molecule has 0 saturated carbocycles. The van der Waals surface area contributed by atoms with Gasteiger partial charge in [0.15, 0.2) is 0 Å². The molecular formula is C57H44N2. The van der Waals surface area contributed by atoms with Crippen molar-refractivity contribution in [2.75, 3.05) is 9.80 Å². The fourth-order valence-corrected chi connectivity index (χ4v) is 8.70. The highest BCUT2D eigenvalue weighted by molar-refractivity contribution is 5.90. The molecule has 2 heteroatoms. The second-order valence-electron chi connectivity index (χ2n) is 15.8. The Morgan fingerprint density at radius 2 is 0.627 bits per heavy atom. The van der Waals surface area contributed by atoms with Gasteiger partial charge in [-0.25, -0.2) is 0 Å². The van der Waals surface area contributed by atoms with Gasteiger partial charge in [-0.1, -0.05) is 178 Å². The Morgan fingerprint density at radius 3 is 1.07 bits per heavy atom. The van der Waals surface area contributed by atoms with Crippen LogP contribution in [0.5, 0.6) is 0 Å². The van der Waals surface area contributed by atoms with E-state index in [1.807, 2.05) is 0 Å². The molecule has 0 unspecified atom stereocenters. The lowest BCUT2D eigenvalue weighted by Gasteiger charge is -2.43. The van der Waals surface area contributed by atoms with Crippen LogP contribution in [0, 0.1) is 0 Å². The third-order valence-corrected chi connectivity index (χ3v) is 11.9. The molecule has 0 bridgehead atoms. The number of benzene rings is 9. The van der Waals surface area contributed by atoms with Gasteiger partial charge < -0.3 is 9.80 Å². The lowest BCUT2D eigenvalue weighted by atomic mass is 9.72. The molecule has 1 heterocycles. The van der Waals surface area contributed by atoms with Crippen molar-refractivity contribution in [3.63, 3.8) is 0 Å². The van der Waals surface area contributed by atoms with Gasteiger partial charge in [-0.15, -0.1) is 0 Å². The normalized spacial score (nSPS) is 12.7. The van der Waals surface area contributed by atoms with E-state index in [1.54, 1.807) is 0 Å². The maximum atomic E-state index is 2.46. The molecule has 0 N–H and O–H groups in total. The van der Waals surface area contributed by atoms with Gasteiger partial charge in [-0.05, 0) is 122 Å². The van der Waals surface area contributed by atoms with E-state index in [9.17, 15) is 0 Å². The first-order valence-electron chi connectivity index (χ1n) is 20.4. The molecule has 2 nitrogen and oxygen atoms in total. The average Bonchev–Trinajstić information content (AvgIpc) is 3.31. The van der Waals surface area contributed by atoms with Crippen LogP contribution in [0.2, 0.25) is 0 Å². The summed E-state index contributed by atoms with van der Waals surface area (Å²) in [6, 6.07) is 83.6. The van der Waals surface area contributed by atoms with E-state index in [2.05, 4.69) is 254 Å². The molecule has 0 amide bonds. The number of nitrogens with zero attached hydrogens (tertiary/aromatic N) is 2. The lowest BCUT2D eigenvalue weighted by Crippen LogP contribution is -2.31. The van der Waals surface area contributed by atoms with Gasteiger partial charge in [0.05, 0.1) is 11.4 Å². The third-order valence-electron chi connectivity index (χ3n) is 11.9. The molecule has 10 rings (SSSR count). The molecule has 9 aromatic rings. The summed E-state index contributed by atoms with van der Waals surface area (Å²) >= 11 is 0. The minimum Gasteiger partial charge on any atom is -0.310 e. The summed E-state index contributed by atoms with van der Waals surface area (Å²) < 4.78 is 0. The zero-order valence-electron chi connectivity index (χ0n) is 33.3. The molecule has 0 fully saturated rings. The highest BCUT2D eigenvalue weighted by Gasteiger charge is 2.38. The molecule has 1 aliphatic rings. The molecule has 0 atom stereocenters. The molecule has 0 aliphatic carbocycles. The number of fused-ring (bicyclic) bond motifs is 2. The molecule has 282 valence electrons. The standard InChI is InChI=1S/C57H44N2/c1-57(2)53-39-48(44-21-13-6-14-22-44)29-37-55(53)59(51-34-27-47(28-35-51)43-19-11-5-12-20-43)56-38-36-52(40-54(56)57)58(49-30-23-45(24-31-49)41-15-7-3-8-16-41)50-32-25-46(26-33-50)42-17-9-4-10-18-42/h3-40H,1-2H3. The highest BCUT2D eigenvalue weighted by Crippen LogP contribution is 2.54. The number of hydrogen-bond donors (Lipinski definition) is 0. The minimum absolute atomic E-state index is 0.314. The van der Waals surface area contributed by atoms with Gasteiger partial charge in [0.25, 0.3) is 0 Å². The molecule has 1 aliphatic heterocycles. The van der Waals surface area contributed by atoms with E-state index in [4.69, 9.17) is 0 Å². The topological polar surface area (TPSA) is 6.48 Å². The maximum Gasteiger partial charge on any atom is 0.0504 e. The first kappa shape index (κ1) is 36.0. The van der Waals surface area contributed by atoms with Crippen molar-refractivity contribution in [3.05, 3.63) is 242 Å². The van der Waals surface area contributed by atoms with Crippen molar-refractivity contribution < 1.29 is 0 Å². The van der Waals surface area contributed by atoms with Crippen molar-refractivity contribution >= 4 is 34.1 Å². The SMILES string of the molecule is CC1(C)c2cc(-c3ccccc3)ccc2N(c2ccc(-c3ccccc3)cc2)c2ccc(N(c3ccc(-c4ccccc4)cc3)c3ccc(-c4ccccc4)cc3)cc21. The Labute approximate surface area is 347 Å². The Bertz CT molecular complexity index is 2760. The van der Waals surface area contributed by atoms with E-state index in [0.717, 1.165) is 22.7 Å². The molecule has 0 saturated heterocycles. The summed E-state index contributed by atoms with van der Waals surface area (Å²) in [6.07, 6.45) is 0. The Hall–Kier alpha value is -7.42. The molecule has 0 radical (unpaired) electrons. The molecule has 9 aromatic carbocycles. The predicted octanol–water partition coefficient (Wildman–Crippen LogP) is 15.9. The van der Waals surface area contributed by atoms with E-state index < -0.39 is 0 Å². The molecule has 59 heavy (non-hydrogen) atoms. The van der Waals surface area contributed by atoms with E-state index >= 15 is 0 Å². The summed E-state index contributed by atoms with van der Waals surface area (Å²) in [5.74, 6) is 0. The van der Waals surface area contributed by atoms with Crippen LogP contribution in [0.25, 0.3) is 44.5 Å². The van der Waals surface area contributed by atoms with Crippen LogP contribution in [0.15, 0.2) is 231 Å². The first-order chi connectivity index (χ1) is 29.0. The van der Waals surface area contributed by atoms with Crippen LogP contribution in [0.1, 0.15) is 25.0 Å². The summed E-state index contributed by atoms with van der Waals surface area (Å²) in [5.41, 5.74) is 18.7. The van der Waals surface area contributed by atoms with Crippen molar-refractivity contribution in [2.45, 2.75) is 19.3 Å². The van der Waals surface area contributed by atoms with Gasteiger partial charge in [-0.2, -0.15) is 0 Å². The quantitative estimate of drug-likeness (QED) is 0.152. The van der Waals surface area contributed by atoms with Gasteiger partial charge in [0, 0.05) is 28.2 Å². The molecular weight excluding hydrogens is 713 g/mol. The minimum atomic E-state index is -0.314. The zero-order valence-corrected chi connectivity index (χ0v) is 33.3. The number of rotatable bonds is 8. The fraction of sp³-hybridized carbons (Fsp3) is 0.0526. The fourth-order valence-electron chi connectivity index (χ4n) is 8.70. The Morgan fingerprint density at radius 1 is 0.305 bits per heavy atom. The Balaban J connectivity index is 1.13. The second-order valence-corrected chi connectivity index (χ2v) is 15.8. The smallest absolute Gasteiger partial charge is 0.0504 e. The van der Waals surface area contributed by atoms with Crippen LogP contribution in [0.3, 0.4) is 0 Å². The van der Waals surface area contributed by atoms with Gasteiger partial charge in [-0.3, -0.25) is 0 Å². The second kappa shape index (κ2) is 15.2. The highest BCUT2D eigenvalue weighted by atomic mass is 15.2. The Kier molecular flexibility index (Phi) is 9.24. The average molecular weight is 757 g/mol. The zero-order chi connectivity index (χ0) is 39.8. The van der Waals surface area contributed by atoms with Crippen LogP contribution in [-0.2, 0) is 5.41 Å². The third kappa shape index (κ3) is 6.79. The first-order valence-corrected chi connectivity index (χ1v) is 20.4. The monoisotopic (exact) mass is 756 g/mol. The summed E-state index contributed by atoms with van der Waals surface area (Å²) in [7, 11) is 0. The largest absolute Gasteiger partial charge is 0.310 e. The molecule has 0 spiro atoms. The molecule has 0 aromatic heterocycles. The van der Waals surface area contributed by atoms with Crippen LogP contribution >= 0.6 is 0 Å². The number of hydrogen-bond acceptors (Lipinski definition) is 2. The van der Waals surface area contributed by atoms with Crippen LogP contribution in [-0.4, -0.2) is 0 Å². The maximum absolute atomic E-state index is 2.46. The van der Waals surface area contributed by atoms with Crippen LogP contribution < -0.4 is 9.80 Å². The van der Waals surface area contributed by atoms with Crippen LogP contribution in [0.4, 0.5) is 34.1 Å². The van der Waals surface area contributed by atoms with Gasteiger partial charge in [0.1, 0.15) is 0 Å².